The van der Waals surface area contributed by atoms with Gasteiger partial charge in [0.2, 0.25) is 0 Å². The van der Waals surface area contributed by atoms with Gasteiger partial charge in [0.25, 0.3) is 5.91 Å². The minimum atomic E-state index is -0.148. The molecule has 3 aromatic rings. The van der Waals surface area contributed by atoms with Crippen LogP contribution in [0.25, 0.3) is 0 Å². The molecule has 0 saturated carbocycles. The molecule has 1 amide bonds. The number of anilines is 2. The normalized spacial score (nSPS) is 11.9. The Morgan fingerprint density at radius 3 is 2.26 bits per heavy atom. The van der Waals surface area contributed by atoms with Crippen LogP contribution in [0.1, 0.15) is 54.2 Å². The number of nitrogens with zero attached hydrogens (tertiary/aromatic N) is 1. The van der Waals surface area contributed by atoms with E-state index >= 15 is 0 Å². The molecular weight excluding hydrogens is 334 g/mol. The van der Waals surface area contributed by atoms with Crippen LogP contribution < -0.4 is 10.6 Å². The Morgan fingerprint density at radius 2 is 1.59 bits per heavy atom. The number of aromatic nitrogens is 1. The molecule has 4 nitrogen and oxygen atoms in total. The van der Waals surface area contributed by atoms with E-state index in [9.17, 15) is 4.79 Å². The molecule has 1 unspecified atom stereocenters. The first-order chi connectivity index (χ1) is 13.0. The molecule has 0 spiro atoms. The van der Waals surface area contributed by atoms with Gasteiger partial charge in [-0.25, -0.2) is 4.98 Å². The highest BCUT2D eigenvalue weighted by Crippen LogP contribution is 2.20. The lowest BCUT2D eigenvalue weighted by molar-refractivity contribution is 0.102. The van der Waals surface area contributed by atoms with E-state index in [0.29, 0.717) is 17.3 Å². The Kier molecular flexibility index (Phi) is 5.87. The summed E-state index contributed by atoms with van der Waals surface area (Å²) in [5, 5.41) is 6.29. The molecule has 1 heterocycles. The van der Waals surface area contributed by atoms with Gasteiger partial charge in [0.15, 0.2) is 0 Å². The third kappa shape index (κ3) is 4.94. The van der Waals surface area contributed by atoms with Gasteiger partial charge in [0.1, 0.15) is 5.82 Å². The van der Waals surface area contributed by atoms with Gasteiger partial charge in [-0.1, -0.05) is 56.3 Å². The molecule has 0 aliphatic rings. The largest absolute Gasteiger partial charge is 0.364 e. The van der Waals surface area contributed by atoms with E-state index in [-0.39, 0.29) is 11.9 Å². The first-order valence-electron chi connectivity index (χ1n) is 9.22. The zero-order chi connectivity index (χ0) is 19.2. The van der Waals surface area contributed by atoms with Crippen molar-refractivity contribution in [2.75, 3.05) is 10.6 Å². The summed E-state index contributed by atoms with van der Waals surface area (Å²) < 4.78 is 0. The standard InChI is InChI=1S/C23H25N3O/c1-16(2)18-9-11-21(12-10-18)26-23(27)20-13-14-24-22(15-20)25-17(3)19-7-5-4-6-8-19/h4-17H,1-3H3,(H,24,25)(H,26,27). The van der Waals surface area contributed by atoms with Crippen molar-refractivity contribution in [3.63, 3.8) is 0 Å². The maximum Gasteiger partial charge on any atom is 0.255 e. The van der Waals surface area contributed by atoms with Crippen LogP contribution in [0.3, 0.4) is 0 Å². The lowest BCUT2D eigenvalue weighted by atomic mass is 10.0. The lowest BCUT2D eigenvalue weighted by Gasteiger charge is -2.15. The Bertz CT molecular complexity index is 889. The quantitative estimate of drug-likeness (QED) is 0.600. The monoisotopic (exact) mass is 359 g/mol. The van der Waals surface area contributed by atoms with Crippen LogP contribution in [0.2, 0.25) is 0 Å². The summed E-state index contributed by atoms with van der Waals surface area (Å²) in [6, 6.07) is 21.7. The van der Waals surface area contributed by atoms with Crippen LogP contribution in [0, 0.1) is 0 Å². The van der Waals surface area contributed by atoms with Crippen molar-refractivity contribution in [1.82, 2.24) is 4.98 Å². The first kappa shape index (κ1) is 18.6. The second kappa shape index (κ2) is 8.49. The van der Waals surface area contributed by atoms with E-state index in [0.717, 1.165) is 5.69 Å². The molecule has 0 aliphatic heterocycles. The minimum absolute atomic E-state index is 0.0978. The third-order valence-corrected chi connectivity index (χ3v) is 4.52. The second-order valence-electron chi connectivity index (χ2n) is 6.94. The van der Waals surface area contributed by atoms with Crippen LogP contribution in [0.5, 0.6) is 0 Å². The molecule has 0 bridgehead atoms. The predicted molar refractivity (Wildman–Crippen MR) is 111 cm³/mol. The zero-order valence-electron chi connectivity index (χ0n) is 15.9. The van der Waals surface area contributed by atoms with Gasteiger partial charge in [-0.05, 0) is 48.2 Å². The number of carbonyl (C=O) groups is 1. The number of amides is 1. The highest BCUT2D eigenvalue weighted by atomic mass is 16.1. The Morgan fingerprint density at radius 1 is 0.889 bits per heavy atom. The molecule has 4 heteroatoms. The fraction of sp³-hybridized carbons (Fsp3) is 0.217. The fourth-order valence-corrected chi connectivity index (χ4v) is 2.85. The molecule has 138 valence electrons. The number of pyridine rings is 1. The molecule has 1 atom stereocenters. The molecule has 0 fully saturated rings. The van der Waals surface area contributed by atoms with Gasteiger partial charge in [-0.15, -0.1) is 0 Å². The Hall–Kier alpha value is -3.14. The van der Waals surface area contributed by atoms with Crippen LogP contribution >= 0.6 is 0 Å². The van der Waals surface area contributed by atoms with E-state index in [1.807, 2.05) is 42.5 Å². The molecule has 2 N–H and O–H groups in total. The minimum Gasteiger partial charge on any atom is -0.364 e. The van der Waals surface area contributed by atoms with Gasteiger partial charge in [0.05, 0.1) is 0 Å². The van der Waals surface area contributed by atoms with Crippen molar-refractivity contribution in [3.05, 3.63) is 89.6 Å². The third-order valence-electron chi connectivity index (χ3n) is 4.52. The average molecular weight is 359 g/mol. The molecular formula is C23H25N3O. The van der Waals surface area contributed by atoms with Gasteiger partial charge < -0.3 is 10.6 Å². The number of benzene rings is 2. The number of hydrogen-bond acceptors (Lipinski definition) is 3. The summed E-state index contributed by atoms with van der Waals surface area (Å²) in [4.78, 5) is 16.9. The molecule has 27 heavy (non-hydrogen) atoms. The fourth-order valence-electron chi connectivity index (χ4n) is 2.85. The van der Waals surface area contributed by atoms with Gasteiger partial charge in [-0.3, -0.25) is 4.79 Å². The Labute approximate surface area is 160 Å². The molecule has 0 aliphatic carbocycles. The summed E-state index contributed by atoms with van der Waals surface area (Å²) >= 11 is 0. The smallest absolute Gasteiger partial charge is 0.255 e. The van der Waals surface area contributed by atoms with Crippen molar-refractivity contribution in [1.29, 1.82) is 0 Å². The van der Waals surface area contributed by atoms with Crippen LogP contribution in [-0.2, 0) is 0 Å². The molecule has 3 rings (SSSR count). The van der Waals surface area contributed by atoms with Gasteiger partial charge in [-0.2, -0.15) is 0 Å². The van der Waals surface area contributed by atoms with Gasteiger partial charge in [0, 0.05) is 23.5 Å². The highest BCUT2D eigenvalue weighted by Gasteiger charge is 2.10. The van der Waals surface area contributed by atoms with Crippen molar-refractivity contribution >= 4 is 17.4 Å². The maximum absolute atomic E-state index is 12.6. The molecule has 0 saturated heterocycles. The van der Waals surface area contributed by atoms with Crippen molar-refractivity contribution < 1.29 is 4.79 Å². The average Bonchev–Trinajstić information content (AvgIpc) is 2.69. The van der Waals surface area contributed by atoms with Crippen molar-refractivity contribution in [2.45, 2.75) is 32.7 Å². The number of hydrogen-bond donors (Lipinski definition) is 2. The summed E-state index contributed by atoms with van der Waals surface area (Å²) in [7, 11) is 0. The van der Waals surface area contributed by atoms with Crippen molar-refractivity contribution in [2.24, 2.45) is 0 Å². The lowest BCUT2D eigenvalue weighted by Crippen LogP contribution is -2.13. The Balaban J connectivity index is 1.68. The predicted octanol–water partition coefficient (Wildman–Crippen LogP) is 5.63. The number of rotatable bonds is 6. The molecule has 1 aromatic heterocycles. The van der Waals surface area contributed by atoms with E-state index < -0.39 is 0 Å². The molecule has 0 radical (unpaired) electrons. The summed E-state index contributed by atoms with van der Waals surface area (Å²) in [6.45, 7) is 6.37. The summed E-state index contributed by atoms with van der Waals surface area (Å²) in [5.41, 5.74) is 3.77. The zero-order valence-corrected chi connectivity index (χ0v) is 15.9. The highest BCUT2D eigenvalue weighted by molar-refractivity contribution is 6.04. The van der Waals surface area contributed by atoms with Crippen LogP contribution in [0.4, 0.5) is 11.5 Å². The molecule has 2 aromatic carbocycles. The number of nitrogens with one attached hydrogen (secondary N) is 2. The van der Waals surface area contributed by atoms with Crippen molar-refractivity contribution in [3.8, 4) is 0 Å². The second-order valence-corrected chi connectivity index (χ2v) is 6.94. The van der Waals surface area contributed by atoms with E-state index in [4.69, 9.17) is 0 Å². The topological polar surface area (TPSA) is 54.0 Å². The van der Waals surface area contributed by atoms with E-state index in [2.05, 4.69) is 48.5 Å². The summed E-state index contributed by atoms with van der Waals surface area (Å²) in [6.07, 6.45) is 1.65. The van der Waals surface area contributed by atoms with E-state index in [1.165, 1.54) is 11.1 Å². The SMILES string of the molecule is CC(C)c1ccc(NC(=O)c2ccnc(NC(C)c3ccccc3)c2)cc1. The number of carbonyl (C=O) groups excluding carboxylic acids is 1. The summed E-state index contributed by atoms with van der Waals surface area (Å²) in [5.74, 6) is 0.995. The van der Waals surface area contributed by atoms with Gasteiger partial charge >= 0.3 is 0 Å². The van der Waals surface area contributed by atoms with E-state index in [1.54, 1.807) is 18.3 Å². The first-order valence-corrected chi connectivity index (χ1v) is 9.22. The van der Waals surface area contributed by atoms with Crippen LogP contribution in [-0.4, -0.2) is 10.9 Å². The maximum atomic E-state index is 12.6. The van der Waals surface area contributed by atoms with Crippen LogP contribution in [0.15, 0.2) is 72.9 Å².